The number of hydrogen-bond acceptors (Lipinski definition) is 6. The molecule has 56 heavy (non-hydrogen) atoms. The highest BCUT2D eigenvalue weighted by Crippen LogP contribution is 2.38. The van der Waals surface area contributed by atoms with Gasteiger partial charge in [-0.25, -0.2) is 0 Å². The predicted molar refractivity (Wildman–Crippen MR) is 238 cm³/mol. The molecule has 2 N–H and O–H groups in total. The number of quaternary nitrogens is 1. The van der Waals surface area contributed by atoms with Crippen LogP contribution in [0.5, 0.6) is 0 Å². The van der Waals surface area contributed by atoms with Gasteiger partial charge in [-0.15, -0.1) is 0 Å². The first-order valence-corrected chi connectivity index (χ1v) is 25.2. The molecule has 9 heteroatoms. The van der Waals surface area contributed by atoms with Gasteiger partial charge in [-0.2, -0.15) is 0 Å². The Hall–Kier alpha value is -1.02. The lowest BCUT2D eigenvalue weighted by Gasteiger charge is -2.29. The molecule has 0 aromatic carbocycles. The molecule has 0 aliphatic carbocycles. The lowest BCUT2D eigenvalue weighted by molar-refractivity contribution is -0.870. The second kappa shape index (κ2) is 39.4. The molecule has 0 saturated heterocycles. The number of amides is 1. The summed E-state index contributed by atoms with van der Waals surface area (Å²) in [5.41, 5.74) is 0. The number of phosphoric acid groups is 1. The van der Waals surface area contributed by atoms with Crippen LogP contribution in [0.25, 0.3) is 0 Å². The number of carbonyl (C=O) groups excluding carboxylic acids is 1. The van der Waals surface area contributed by atoms with E-state index in [0.717, 1.165) is 57.8 Å². The Bertz CT molecular complexity index is 969. The highest BCUT2D eigenvalue weighted by Gasteiger charge is 2.23. The van der Waals surface area contributed by atoms with Gasteiger partial charge in [0.2, 0.25) is 5.91 Å². The zero-order chi connectivity index (χ0) is 41.4. The second-order valence-corrected chi connectivity index (χ2v) is 18.9. The molecule has 0 spiro atoms. The molecule has 3 atom stereocenters. The first-order valence-electron chi connectivity index (χ1n) is 23.7. The summed E-state index contributed by atoms with van der Waals surface area (Å²) in [4.78, 5) is 25.2. The molecule has 3 unspecified atom stereocenters. The van der Waals surface area contributed by atoms with Crippen molar-refractivity contribution in [1.82, 2.24) is 5.32 Å². The van der Waals surface area contributed by atoms with Gasteiger partial charge in [-0.3, -0.25) is 9.36 Å². The summed E-state index contributed by atoms with van der Waals surface area (Å²) in [5.74, 6) is -0.211. The quantitative estimate of drug-likeness (QED) is 0.0275. The normalized spacial score (nSPS) is 14.5. The molecular weight excluding hydrogens is 719 g/mol. The van der Waals surface area contributed by atoms with Crippen molar-refractivity contribution < 1.29 is 32.9 Å². The van der Waals surface area contributed by atoms with Crippen LogP contribution in [0.2, 0.25) is 0 Å². The number of unbranched alkanes of at least 4 members (excludes halogenated alkanes) is 28. The van der Waals surface area contributed by atoms with Gasteiger partial charge < -0.3 is 28.8 Å². The van der Waals surface area contributed by atoms with Crippen molar-refractivity contribution in [3.8, 4) is 0 Å². The lowest BCUT2D eigenvalue weighted by atomic mass is 10.0. The first kappa shape index (κ1) is 55.0. The highest BCUT2D eigenvalue weighted by atomic mass is 31.2. The minimum atomic E-state index is -4.59. The van der Waals surface area contributed by atoms with Crippen molar-refractivity contribution in [2.45, 2.75) is 231 Å². The fourth-order valence-corrected chi connectivity index (χ4v) is 7.56. The maximum atomic E-state index is 12.8. The molecule has 1 amide bonds. The largest absolute Gasteiger partial charge is 0.756 e. The second-order valence-electron chi connectivity index (χ2n) is 17.5. The van der Waals surface area contributed by atoms with E-state index < -0.39 is 20.0 Å². The number of aliphatic hydroxyl groups is 1. The molecule has 8 nitrogen and oxygen atoms in total. The molecule has 0 rings (SSSR count). The van der Waals surface area contributed by atoms with Gasteiger partial charge in [0.1, 0.15) is 13.2 Å². The monoisotopic (exact) mass is 813 g/mol. The van der Waals surface area contributed by atoms with E-state index in [0.29, 0.717) is 17.4 Å². The summed E-state index contributed by atoms with van der Waals surface area (Å²) in [6.07, 6.45) is 46.7. The Labute approximate surface area is 347 Å². The highest BCUT2D eigenvalue weighted by molar-refractivity contribution is 7.45. The van der Waals surface area contributed by atoms with E-state index in [1.807, 2.05) is 27.2 Å². The summed E-state index contributed by atoms with van der Waals surface area (Å²) in [5, 5.41) is 13.8. The molecule has 0 aromatic rings. The van der Waals surface area contributed by atoms with Crippen LogP contribution in [0.3, 0.4) is 0 Å². The summed E-state index contributed by atoms with van der Waals surface area (Å²) in [6.45, 7) is 4.60. The Morgan fingerprint density at radius 2 is 1.00 bits per heavy atom. The van der Waals surface area contributed by atoms with Crippen LogP contribution in [-0.2, 0) is 18.4 Å². The fraction of sp³-hybridized carbons (Fsp3) is 0.894. The third-order valence-corrected chi connectivity index (χ3v) is 11.6. The number of likely N-dealkylation sites (N-methyl/N-ethyl adjacent to an activating group) is 1. The zero-order valence-corrected chi connectivity index (χ0v) is 38.5. The third-order valence-electron chi connectivity index (χ3n) is 10.7. The van der Waals surface area contributed by atoms with Gasteiger partial charge in [-0.05, 0) is 38.5 Å². The Morgan fingerprint density at radius 1 is 0.607 bits per heavy atom. The van der Waals surface area contributed by atoms with Crippen molar-refractivity contribution in [2.24, 2.45) is 0 Å². The van der Waals surface area contributed by atoms with Crippen molar-refractivity contribution in [3.63, 3.8) is 0 Å². The van der Waals surface area contributed by atoms with Crippen LogP contribution in [0.4, 0.5) is 0 Å². The number of hydrogen-bond donors (Lipinski definition) is 2. The molecule has 0 aromatic heterocycles. The zero-order valence-electron chi connectivity index (χ0n) is 37.6. The van der Waals surface area contributed by atoms with Crippen molar-refractivity contribution in [3.05, 3.63) is 24.3 Å². The van der Waals surface area contributed by atoms with E-state index in [2.05, 4.69) is 31.3 Å². The molecule has 332 valence electrons. The van der Waals surface area contributed by atoms with E-state index >= 15 is 0 Å². The van der Waals surface area contributed by atoms with Crippen LogP contribution in [0, 0.1) is 0 Å². The molecule has 0 fully saturated rings. The minimum absolute atomic E-state index is 0.00215. The Kier molecular flexibility index (Phi) is 38.7. The number of carbonyl (C=O) groups is 1. The summed E-state index contributed by atoms with van der Waals surface area (Å²) in [7, 11) is 1.26. The van der Waals surface area contributed by atoms with Crippen molar-refractivity contribution >= 4 is 13.7 Å². The predicted octanol–water partition coefficient (Wildman–Crippen LogP) is 12.7. The van der Waals surface area contributed by atoms with Gasteiger partial charge >= 0.3 is 0 Å². The Balaban J connectivity index is 4.22. The fourth-order valence-electron chi connectivity index (χ4n) is 6.84. The van der Waals surface area contributed by atoms with E-state index in [-0.39, 0.29) is 19.1 Å². The van der Waals surface area contributed by atoms with Gasteiger partial charge in [0.05, 0.1) is 39.9 Å². The minimum Gasteiger partial charge on any atom is -0.756 e. The number of aliphatic hydroxyl groups excluding tert-OH is 1. The molecule has 0 aliphatic rings. The third kappa shape index (κ3) is 41.2. The standard InChI is InChI=1S/C47H93N2O6P/c1-6-8-10-12-14-16-18-19-20-21-22-23-24-25-26-27-28-29-30-31-32-34-36-38-40-46(50)45(44-55-56(52,53)54-43-42-49(3,4)5)48-47(51)41-39-37-35-33-17-15-13-11-9-7-2/h13,15,38,40,45-46,50H,6-12,14,16-37,39,41-44H2,1-5H3,(H-,48,51,52,53)/b15-13-,40-38+. The maximum absolute atomic E-state index is 12.8. The van der Waals surface area contributed by atoms with Gasteiger partial charge in [-0.1, -0.05) is 199 Å². The summed E-state index contributed by atoms with van der Waals surface area (Å²) < 4.78 is 23.2. The topological polar surface area (TPSA) is 108 Å². The van der Waals surface area contributed by atoms with Gasteiger partial charge in [0.25, 0.3) is 7.82 Å². The van der Waals surface area contributed by atoms with Crippen molar-refractivity contribution in [2.75, 3.05) is 40.9 Å². The number of nitrogens with one attached hydrogen (secondary N) is 1. The Morgan fingerprint density at radius 3 is 1.45 bits per heavy atom. The summed E-state index contributed by atoms with van der Waals surface area (Å²) >= 11 is 0. The molecule has 0 radical (unpaired) electrons. The SMILES string of the molecule is CCCC/C=C\CCCCCCC(=O)NC(COP(=O)([O-])OCC[N+](C)(C)C)C(O)/C=C/CCCCCCCCCCCCCCCCCCCCCCCC. The van der Waals surface area contributed by atoms with E-state index in [9.17, 15) is 19.4 Å². The van der Waals surface area contributed by atoms with Crippen LogP contribution in [0.1, 0.15) is 219 Å². The number of phosphoric ester groups is 1. The lowest BCUT2D eigenvalue weighted by Crippen LogP contribution is -2.45. The number of allylic oxidation sites excluding steroid dienone is 3. The number of nitrogens with zero attached hydrogens (tertiary/aromatic N) is 1. The van der Waals surface area contributed by atoms with E-state index in [1.165, 1.54) is 141 Å². The molecule has 0 heterocycles. The van der Waals surface area contributed by atoms with Crippen LogP contribution in [-0.4, -0.2) is 68.5 Å². The smallest absolute Gasteiger partial charge is 0.268 e. The molecule has 0 saturated carbocycles. The van der Waals surface area contributed by atoms with Gasteiger partial charge in [0, 0.05) is 6.42 Å². The van der Waals surface area contributed by atoms with Crippen molar-refractivity contribution in [1.29, 1.82) is 0 Å². The average molecular weight is 813 g/mol. The van der Waals surface area contributed by atoms with E-state index in [1.54, 1.807) is 6.08 Å². The van der Waals surface area contributed by atoms with Crippen LogP contribution in [0.15, 0.2) is 24.3 Å². The average Bonchev–Trinajstić information content (AvgIpc) is 3.15. The van der Waals surface area contributed by atoms with Crippen LogP contribution < -0.4 is 10.2 Å². The number of rotatable bonds is 43. The molecular formula is C47H93N2O6P. The van der Waals surface area contributed by atoms with E-state index in [4.69, 9.17) is 9.05 Å². The molecule has 0 bridgehead atoms. The first-order chi connectivity index (χ1) is 27.0. The maximum Gasteiger partial charge on any atom is 0.268 e. The van der Waals surface area contributed by atoms with Crippen LogP contribution >= 0.6 is 7.82 Å². The molecule has 0 aliphatic heterocycles. The summed E-state index contributed by atoms with van der Waals surface area (Å²) in [6, 6.07) is -0.888. The van der Waals surface area contributed by atoms with Gasteiger partial charge in [0.15, 0.2) is 0 Å².